The first-order valence-electron chi connectivity index (χ1n) is 11.2. The standard InChI is InChI=1S/C27H22F3N3OS/c1-3-22(17-7-5-4-6-8-17)32-26(34)18-9-14-23-21(15-18)24-25(31-16(2)35-24)33(23)20-12-10-19(11-13-20)27(28,29)30/h4-15,22H,3H2,1-2H3,(H,32,34). The van der Waals surface area contributed by atoms with E-state index < -0.39 is 11.7 Å². The molecule has 35 heavy (non-hydrogen) atoms. The number of aromatic nitrogens is 2. The maximum Gasteiger partial charge on any atom is 0.416 e. The quantitative estimate of drug-likeness (QED) is 0.276. The number of nitrogens with one attached hydrogen (secondary N) is 1. The summed E-state index contributed by atoms with van der Waals surface area (Å²) in [5.41, 5.74) is 2.88. The molecule has 4 nitrogen and oxygen atoms in total. The summed E-state index contributed by atoms with van der Waals surface area (Å²) >= 11 is 1.50. The first-order valence-corrected chi connectivity index (χ1v) is 12.0. The van der Waals surface area contributed by atoms with Gasteiger partial charge >= 0.3 is 6.18 Å². The van der Waals surface area contributed by atoms with Crippen molar-refractivity contribution in [2.24, 2.45) is 0 Å². The number of thiazole rings is 1. The summed E-state index contributed by atoms with van der Waals surface area (Å²) in [5.74, 6) is -0.181. The molecule has 0 aliphatic rings. The molecule has 2 aromatic heterocycles. The van der Waals surface area contributed by atoms with E-state index in [1.54, 1.807) is 6.07 Å². The number of carbonyl (C=O) groups excluding carboxylic acids is 1. The zero-order valence-corrected chi connectivity index (χ0v) is 19.9. The Morgan fingerprint density at radius 2 is 1.77 bits per heavy atom. The van der Waals surface area contributed by atoms with Crippen LogP contribution < -0.4 is 5.32 Å². The number of fused-ring (bicyclic) bond motifs is 3. The summed E-state index contributed by atoms with van der Waals surface area (Å²) in [6.07, 6.45) is -3.65. The molecule has 0 saturated heterocycles. The molecule has 5 rings (SSSR count). The van der Waals surface area contributed by atoms with Crippen LogP contribution in [-0.4, -0.2) is 15.5 Å². The van der Waals surface area contributed by atoms with Crippen LogP contribution in [0.4, 0.5) is 13.2 Å². The van der Waals surface area contributed by atoms with Crippen molar-refractivity contribution in [1.82, 2.24) is 14.9 Å². The van der Waals surface area contributed by atoms with Gasteiger partial charge in [-0.05, 0) is 61.4 Å². The van der Waals surface area contributed by atoms with Crippen molar-refractivity contribution in [3.05, 3.63) is 94.5 Å². The Morgan fingerprint density at radius 3 is 2.43 bits per heavy atom. The summed E-state index contributed by atoms with van der Waals surface area (Å²) in [6.45, 7) is 3.91. The van der Waals surface area contributed by atoms with Crippen LogP contribution in [0.2, 0.25) is 0 Å². The third-order valence-corrected chi connectivity index (χ3v) is 7.03. The second kappa shape index (κ2) is 8.85. The van der Waals surface area contributed by atoms with E-state index >= 15 is 0 Å². The second-order valence-electron chi connectivity index (χ2n) is 8.34. The molecule has 178 valence electrons. The van der Waals surface area contributed by atoms with Crippen molar-refractivity contribution in [2.75, 3.05) is 0 Å². The molecule has 0 saturated carbocycles. The minimum atomic E-state index is -4.40. The number of amides is 1. The fourth-order valence-electron chi connectivity index (χ4n) is 4.32. The van der Waals surface area contributed by atoms with Gasteiger partial charge in [0.15, 0.2) is 5.65 Å². The molecule has 0 spiro atoms. The van der Waals surface area contributed by atoms with Gasteiger partial charge < -0.3 is 5.32 Å². The van der Waals surface area contributed by atoms with E-state index in [0.29, 0.717) is 16.9 Å². The highest BCUT2D eigenvalue weighted by Gasteiger charge is 2.30. The van der Waals surface area contributed by atoms with Crippen LogP contribution in [0.15, 0.2) is 72.8 Å². The van der Waals surface area contributed by atoms with Gasteiger partial charge in [-0.1, -0.05) is 37.3 Å². The van der Waals surface area contributed by atoms with Crippen molar-refractivity contribution in [1.29, 1.82) is 0 Å². The Hall–Kier alpha value is -3.65. The molecule has 3 aromatic carbocycles. The molecular weight excluding hydrogens is 471 g/mol. The van der Waals surface area contributed by atoms with Crippen LogP contribution in [0.5, 0.6) is 0 Å². The molecule has 1 N–H and O–H groups in total. The summed E-state index contributed by atoms with van der Waals surface area (Å²) in [7, 11) is 0. The molecule has 0 radical (unpaired) electrons. The van der Waals surface area contributed by atoms with E-state index in [1.807, 2.05) is 60.9 Å². The number of nitrogens with zero attached hydrogens (tertiary/aromatic N) is 2. The average molecular weight is 494 g/mol. The van der Waals surface area contributed by atoms with Gasteiger partial charge in [0.1, 0.15) is 0 Å². The van der Waals surface area contributed by atoms with Gasteiger partial charge in [0.05, 0.1) is 26.8 Å². The minimum Gasteiger partial charge on any atom is -0.345 e. The first-order chi connectivity index (χ1) is 16.8. The number of rotatable bonds is 5. The van der Waals surface area contributed by atoms with Crippen LogP contribution in [0.3, 0.4) is 0 Å². The second-order valence-corrected chi connectivity index (χ2v) is 9.55. The van der Waals surface area contributed by atoms with Crippen LogP contribution in [0, 0.1) is 6.92 Å². The zero-order valence-electron chi connectivity index (χ0n) is 19.1. The molecule has 1 unspecified atom stereocenters. The molecule has 1 atom stereocenters. The normalized spacial score (nSPS) is 12.8. The Labute approximate surface area is 204 Å². The first kappa shape index (κ1) is 23.1. The fourth-order valence-corrected chi connectivity index (χ4v) is 5.25. The van der Waals surface area contributed by atoms with Crippen LogP contribution in [-0.2, 0) is 6.18 Å². The van der Waals surface area contributed by atoms with Gasteiger partial charge in [-0.25, -0.2) is 4.98 Å². The largest absolute Gasteiger partial charge is 0.416 e. The molecular formula is C27H22F3N3OS. The van der Waals surface area contributed by atoms with Crippen molar-refractivity contribution in [3.63, 3.8) is 0 Å². The van der Waals surface area contributed by atoms with Gasteiger partial charge in [0, 0.05) is 16.6 Å². The van der Waals surface area contributed by atoms with E-state index in [2.05, 4.69) is 10.3 Å². The number of aryl methyl sites for hydroxylation is 1. The lowest BCUT2D eigenvalue weighted by molar-refractivity contribution is -0.137. The molecule has 1 amide bonds. The third kappa shape index (κ3) is 4.30. The third-order valence-electron chi connectivity index (χ3n) is 6.04. The lowest BCUT2D eigenvalue weighted by Gasteiger charge is -2.17. The SMILES string of the molecule is CCC(NC(=O)c1ccc2c(c1)c1sc(C)nc1n2-c1ccc(C(F)(F)F)cc1)c1ccccc1. The van der Waals surface area contributed by atoms with Gasteiger partial charge in [-0.15, -0.1) is 11.3 Å². The van der Waals surface area contributed by atoms with Crippen molar-refractivity contribution < 1.29 is 18.0 Å². The maximum absolute atomic E-state index is 13.1. The number of alkyl halides is 3. The fraction of sp³-hybridized carbons (Fsp3) is 0.185. The number of hydrogen-bond donors (Lipinski definition) is 1. The summed E-state index contributed by atoms with van der Waals surface area (Å²) < 4.78 is 41.9. The van der Waals surface area contributed by atoms with Crippen molar-refractivity contribution in [3.8, 4) is 5.69 Å². The van der Waals surface area contributed by atoms with E-state index in [0.717, 1.165) is 44.7 Å². The number of benzene rings is 3. The Balaban J connectivity index is 1.56. The lowest BCUT2D eigenvalue weighted by atomic mass is 10.0. The number of carbonyl (C=O) groups is 1. The molecule has 0 aliphatic carbocycles. The van der Waals surface area contributed by atoms with Crippen molar-refractivity contribution in [2.45, 2.75) is 32.5 Å². The van der Waals surface area contributed by atoms with Gasteiger partial charge in [-0.3, -0.25) is 9.36 Å². The Kier molecular flexibility index (Phi) is 5.84. The summed E-state index contributed by atoms with van der Waals surface area (Å²) in [4.78, 5) is 17.8. The Bertz CT molecular complexity index is 1520. The van der Waals surface area contributed by atoms with Crippen LogP contribution in [0.25, 0.3) is 26.9 Å². The molecule has 8 heteroatoms. The highest BCUT2D eigenvalue weighted by molar-refractivity contribution is 7.19. The minimum absolute atomic E-state index is 0.109. The number of hydrogen-bond acceptors (Lipinski definition) is 3. The van der Waals surface area contributed by atoms with Crippen molar-refractivity contribution >= 4 is 38.5 Å². The molecule has 0 fully saturated rings. The molecule has 2 heterocycles. The smallest absolute Gasteiger partial charge is 0.345 e. The Morgan fingerprint density at radius 1 is 1.06 bits per heavy atom. The van der Waals surface area contributed by atoms with E-state index in [4.69, 9.17) is 0 Å². The molecule has 0 bridgehead atoms. The molecule has 0 aliphatic heterocycles. The van der Waals surface area contributed by atoms with Gasteiger partial charge in [0.25, 0.3) is 5.91 Å². The lowest BCUT2D eigenvalue weighted by Crippen LogP contribution is -2.28. The predicted octanol–water partition coefficient (Wildman–Crippen LogP) is 7.45. The monoisotopic (exact) mass is 493 g/mol. The average Bonchev–Trinajstić information content (AvgIpc) is 3.36. The van der Waals surface area contributed by atoms with E-state index in [-0.39, 0.29) is 11.9 Å². The maximum atomic E-state index is 13.1. The number of halogens is 3. The highest BCUT2D eigenvalue weighted by atomic mass is 32.1. The molecule has 5 aromatic rings. The summed E-state index contributed by atoms with van der Waals surface area (Å²) in [6, 6.07) is 20.2. The van der Waals surface area contributed by atoms with E-state index in [1.165, 1.54) is 23.5 Å². The predicted molar refractivity (Wildman–Crippen MR) is 133 cm³/mol. The van der Waals surface area contributed by atoms with Crippen LogP contribution in [0.1, 0.15) is 45.9 Å². The van der Waals surface area contributed by atoms with Crippen LogP contribution >= 0.6 is 11.3 Å². The highest BCUT2D eigenvalue weighted by Crippen LogP contribution is 2.37. The van der Waals surface area contributed by atoms with E-state index in [9.17, 15) is 18.0 Å². The van der Waals surface area contributed by atoms with Gasteiger partial charge in [0.2, 0.25) is 0 Å². The van der Waals surface area contributed by atoms with Gasteiger partial charge in [-0.2, -0.15) is 13.2 Å². The topological polar surface area (TPSA) is 46.9 Å². The zero-order chi connectivity index (χ0) is 24.7. The summed E-state index contributed by atoms with van der Waals surface area (Å²) in [5, 5.41) is 4.79.